The van der Waals surface area contributed by atoms with E-state index in [-0.39, 0.29) is 0 Å². The lowest BCUT2D eigenvalue weighted by atomic mass is 10.2. The Balaban J connectivity index is 2.08. The van der Waals surface area contributed by atoms with Crippen molar-refractivity contribution >= 4 is 34.8 Å². The summed E-state index contributed by atoms with van der Waals surface area (Å²) in [4.78, 5) is 24.1. The zero-order valence-corrected chi connectivity index (χ0v) is 14.6. The molecule has 0 unspecified atom stereocenters. The van der Waals surface area contributed by atoms with Crippen molar-refractivity contribution in [2.24, 2.45) is 0 Å². The number of nitrogens with one attached hydrogen (secondary N) is 2. The predicted molar refractivity (Wildman–Crippen MR) is 94.8 cm³/mol. The van der Waals surface area contributed by atoms with E-state index in [1.807, 2.05) is 0 Å². The van der Waals surface area contributed by atoms with Gasteiger partial charge in [-0.1, -0.05) is 11.6 Å². The minimum Gasteiger partial charge on any atom is -0.497 e. The zero-order valence-electron chi connectivity index (χ0n) is 13.9. The number of rotatable bonds is 5. The number of benzene rings is 2. The molecule has 2 rings (SSSR count). The van der Waals surface area contributed by atoms with Crippen molar-refractivity contribution in [3.05, 3.63) is 41.4 Å². The number of amides is 2. The van der Waals surface area contributed by atoms with E-state index >= 15 is 0 Å². The summed E-state index contributed by atoms with van der Waals surface area (Å²) >= 11 is 5.99. The maximum absolute atomic E-state index is 12.1. The highest BCUT2D eigenvalue weighted by Gasteiger charge is 2.17. The van der Waals surface area contributed by atoms with Crippen LogP contribution >= 0.6 is 11.6 Å². The summed E-state index contributed by atoms with van der Waals surface area (Å²) in [6.07, 6.45) is 0. The number of halogens is 1. The van der Waals surface area contributed by atoms with Crippen LogP contribution in [0.2, 0.25) is 5.02 Å². The van der Waals surface area contributed by atoms with Crippen LogP contribution in [0.3, 0.4) is 0 Å². The van der Waals surface area contributed by atoms with Crippen molar-refractivity contribution in [3.63, 3.8) is 0 Å². The molecule has 0 bridgehead atoms. The topological polar surface area (TPSA) is 85.9 Å². The third-order valence-electron chi connectivity index (χ3n) is 3.27. The van der Waals surface area contributed by atoms with Gasteiger partial charge in [-0.15, -0.1) is 0 Å². The quantitative estimate of drug-likeness (QED) is 0.797. The van der Waals surface area contributed by atoms with Crippen molar-refractivity contribution < 1.29 is 23.8 Å². The van der Waals surface area contributed by atoms with Crippen LogP contribution in [0.5, 0.6) is 17.2 Å². The number of carbonyl (C=O) groups excluding carboxylic acids is 2. The van der Waals surface area contributed by atoms with Crippen LogP contribution in [0.25, 0.3) is 0 Å². The summed E-state index contributed by atoms with van der Waals surface area (Å²) in [6, 6.07) is 9.45. The van der Waals surface area contributed by atoms with Gasteiger partial charge in [0.15, 0.2) is 0 Å². The van der Waals surface area contributed by atoms with Crippen molar-refractivity contribution in [3.8, 4) is 17.2 Å². The lowest BCUT2D eigenvalue weighted by Crippen LogP contribution is -2.29. The Bertz CT molecular complexity index is 795. The van der Waals surface area contributed by atoms with E-state index in [2.05, 4.69) is 10.6 Å². The summed E-state index contributed by atoms with van der Waals surface area (Å²) < 4.78 is 15.3. The third-order valence-corrected chi connectivity index (χ3v) is 3.57. The second-order valence-corrected chi connectivity index (χ2v) is 5.23. The van der Waals surface area contributed by atoms with Gasteiger partial charge in [-0.2, -0.15) is 0 Å². The van der Waals surface area contributed by atoms with Gasteiger partial charge in [0.05, 0.1) is 32.0 Å². The van der Waals surface area contributed by atoms with Crippen LogP contribution in [0.1, 0.15) is 0 Å². The highest BCUT2D eigenvalue weighted by Crippen LogP contribution is 2.29. The number of hydrogen-bond acceptors (Lipinski definition) is 5. The Morgan fingerprint density at radius 1 is 0.840 bits per heavy atom. The Morgan fingerprint density at radius 3 is 2.12 bits per heavy atom. The number of carbonyl (C=O) groups is 2. The van der Waals surface area contributed by atoms with Gasteiger partial charge in [-0.05, 0) is 30.3 Å². The van der Waals surface area contributed by atoms with Crippen LogP contribution in [0.15, 0.2) is 36.4 Å². The van der Waals surface area contributed by atoms with Crippen molar-refractivity contribution in [2.45, 2.75) is 0 Å². The van der Waals surface area contributed by atoms with Gasteiger partial charge in [0.1, 0.15) is 17.2 Å². The van der Waals surface area contributed by atoms with E-state index in [4.69, 9.17) is 25.8 Å². The predicted octanol–water partition coefficient (Wildman–Crippen LogP) is 2.94. The highest BCUT2D eigenvalue weighted by molar-refractivity contribution is 6.44. The lowest BCUT2D eigenvalue weighted by molar-refractivity contribution is -0.133. The molecule has 7 nitrogen and oxygen atoms in total. The van der Waals surface area contributed by atoms with Gasteiger partial charge in [0.25, 0.3) is 0 Å². The number of hydrogen-bond donors (Lipinski definition) is 2. The Labute approximate surface area is 149 Å². The monoisotopic (exact) mass is 364 g/mol. The third kappa shape index (κ3) is 4.54. The smallest absolute Gasteiger partial charge is 0.314 e. The summed E-state index contributed by atoms with van der Waals surface area (Å²) in [5, 5.41) is 5.26. The molecule has 0 fully saturated rings. The van der Waals surface area contributed by atoms with Gasteiger partial charge < -0.3 is 24.8 Å². The second kappa shape index (κ2) is 8.25. The molecule has 2 aromatic rings. The first kappa shape index (κ1) is 18.4. The lowest BCUT2D eigenvalue weighted by Gasteiger charge is -2.12. The molecule has 0 radical (unpaired) electrons. The van der Waals surface area contributed by atoms with Gasteiger partial charge in [0, 0.05) is 11.8 Å². The number of anilines is 2. The molecule has 0 saturated heterocycles. The highest BCUT2D eigenvalue weighted by atomic mass is 35.5. The second-order valence-electron chi connectivity index (χ2n) is 4.82. The SMILES string of the molecule is COc1ccc(NC(=O)C(=O)Nc2ccc(OC)c(Cl)c2)c(OC)c1. The van der Waals surface area contributed by atoms with Crippen molar-refractivity contribution in [1.82, 2.24) is 0 Å². The van der Waals surface area contributed by atoms with E-state index in [0.717, 1.165) is 0 Å². The molecule has 2 N–H and O–H groups in total. The van der Waals surface area contributed by atoms with Crippen LogP contribution in [0, 0.1) is 0 Å². The van der Waals surface area contributed by atoms with Gasteiger partial charge in [0.2, 0.25) is 0 Å². The van der Waals surface area contributed by atoms with Gasteiger partial charge in [-0.25, -0.2) is 0 Å². The molecule has 0 saturated carbocycles. The molecular weight excluding hydrogens is 348 g/mol. The minimum absolute atomic E-state index is 0.317. The maximum Gasteiger partial charge on any atom is 0.314 e. The summed E-state index contributed by atoms with van der Waals surface area (Å²) in [5.74, 6) is -0.304. The van der Waals surface area contributed by atoms with Crippen LogP contribution < -0.4 is 24.8 Å². The summed E-state index contributed by atoms with van der Waals surface area (Å²) in [7, 11) is 4.44. The molecule has 0 aliphatic heterocycles. The molecule has 8 heteroatoms. The fourth-order valence-corrected chi connectivity index (χ4v) is 2.27. The number of ether oxygens (including phenoxy) is 3. The largest absolute Gasteiger partial charge is 0.497 e. The van der Waals surface area contributed by atoms with Crippen LogP contribution in [-0.4, -0.2) is 33.1 Å². The van der Waals surface area contributed by atoms with E-state index < -0.39 is 11.8 Å². The molecule has 0 aliphatic rings. The van der Waals surface area contributed by atoms with Gasteiger partial charge in [-0.3, -0.25) is 9.59 Å². The van der Waals surface area contributed by atoms with E-state index in [1.165, 1.54) is 27.4 Å². The first-order chi connectivity index (χ1) is 12.0. The van der Waals surface area contributed by atoms with Crippen LogP contribution in [-0.2, 0) is 9.59 Å². The van der Waals surface area contributed by atoms with E-state index in [1.54, 1.807) is 30.3 Å². The summed E-state index contributed by atoms with van der Waals surface area (Å²) in [5.41, 5.74) is 0.712. The molecule has 0 heterocycles. The van der Waals surface area contributed by atoms with Gasteiger partial charge >= 0.3 is 11.8 Å². The molecule has 2 amide bonds. The molecular formula is C17H17ClN2O5. The normalized spacial score (nSPS) is 9.92. The molecule has 0 spiro atoms. The average molecular weight is 365 g/mol. The first-order valence-corrected chi connectivity index (χ1v) is 7.54. The van der Waals surface area contributed by atoms with Crippen molar-refractivity contribution in [1.29, 1.82) is 0 Å². The van der Waals surface area contributed by atoms with Crippen LogP contribution in [0.4, 0.5) is 11.4 Å². The standard InChI is InChI=1S/C17H17ClN2O5/c1-23-11-5-6-13(15(9-11)25-3)20-17(22)16(21)19-10-4-7-14(24-2)12(18)8-10/h4-9H,1-3H3,(H,19,21)(H,20,22). The molecule has 0 aromatic heterocycles. The Morgan fingerprint density at radius 2 is 1.52 bits per heavy atom. The molecule has 0 atom stereocenters. The fraction of sp³-hybridized carbons (Fsp3) is 0.176. The Hall–Kier alpha value is -2.93. The maximum atomic E-state index is 12.1. The van der Waals surface area contributed by atoms with Crippen molar-refractivity contribution in [2.75, 3.05) is 32.0 Å². The first-order valence-electron chi connectivity index (χ1n) is 7.16. The number of methoxy groups -OCH3 is 3. The van der Waals surface area contributed by atoms with E-state index in [9.17, 15) is 9.59 Å². The molecule has 0 aliphatic carbocycles. The zero-order chi connectivity index (χ0) is 18.4. The van der Waals surface area contributed by atoms with E-state index in [0.29, 0.717) is 33.6 Å². The fourth-order valence-electron chi connectivity index (χ4n) is 2.01. The Kier molecular flexibility index (Phi) is 6.08. The molecule has 2 aromatic carbocycles. The minimum atomic E-state index is -0.851. The molecule has 25 heavy (non-hydrogen) atoms. The summed E-state index contributed by atoms with van der Waals surface area (Å²) in [6.45, 7) is 0. The molecule has 132 valence electrons. The average Bonchev–Trinajstić information content (AvgIpc) is 2.62.